The molecule has 0 radical (unpaired) electrons. The van der Waals surface area contributed by atoms with Crippen LogP contribution in [0.5, 0.6) is 0 Å². The monoisotopic (exact) mass is 241 g/mol. The van der Waals surface area contributed by atoms with E-state index in [4.69, 9.17) is 5.73 Å². The summed E-state index contributed by atoms with van der Waals surface area (Å²) in [6.45, 7) is 2.85. The number of nitrogens with one attached hydrogen (secondary N) is 1. The van der Waals surface area contributed by atoms with Gasteiger partial charge in [-0.05, 0) is 39.8 Å². The maximum absolute atomic E-state index is 11.8. The van der Waals surface area contributed by atoms with Gasteiger partial charge in [-0.25, -0.2) is 0 Å². The second kappa shape index (κ2) is 6.36. The highest BCUT2D eigenvalue weighted by atomic mass is 16.2. The Hall–Kier alpha value is -0.610. The van der Waals surface area contributed by atoms with Crippen LogP contribution in [-0.2, 0) is 4.79 Å². The summed E-state index contributed by atoms with van der Waals surface area (Å²) in [7, 11) is 4.17. The van der Waals surface area contributed by atoms with Crippen molar-refractivity contribution in [3.05, 3.63) is 0 Å². The van der Waals surface area contributed by atoms with Crippen molar-refractivity contribution in [2.24, 2.45) is 5.73 Å². The smallest absolute Gasteiger partial charge is 0.236 e. The van der Waals surface area contributed by atoms with Crippen LogP contribution in [0, 0.1) is 0 Å². The lowest BCUT2D eigenvalue weighted by atomic mass is 9.75. The number of nitrogens with two attached hydrogens (primary N) is 1. The van der Waals surface area contributed by atoms with E-state index >= 15 is 0 Å². The molecule has 1 unspecified atom stereocenters. The number of unbranched alkanes of at least 4 members (excludes halogenated alkanes) is 1. The first-order valence-corrected chi connectivity index (χ1v) is 6.72. The summed E-state index contributed by atoms with van der Waals surface area (Å²) < 4.78 is 0. The molecule has 0 saturated heterocycles. The molecule has 100 valence electrons. The van der Waals surface area contributed by atoms with Crippen molar-refractivity contribution < 1.29 is 4.79 Å². The quantitative estimate of drug-likeness (QED) is 0.702. The third-order valence-corrected chi connectivity index (χ3v) is 4.03. The number of likely N-dealkylation sites (N-methyl/N-ethyl adjacent to an activating group) is 1. The molecule has 17 heavy (non-hydrogen) atoms. The van der Waals surface area contributed by atoms with E-state index in [0.29, 0.717) is 0 Å². The molecule has 1 rings (SSSR count). The minimum atomic E-state index is -0.339. The van der Waals surface area contributed by atoms with Crippen molar-refractivity contribution in [2.75, 3.05) is 20.6 Å². The molecule has 0 bridgehead atoms. The van der Waals surface area contributed by atoms with Gasteiger partial charge in [-0.1, -0.05) is 19.8 Å². The van der Waals surface area contributed by atoms with Crippen molar-refractivity contribution in [3.8, 4) is 0 Å². The van der Waals surface area contributed by atoms with Gasteiger partial charge in [0.2, 0.25) is 5.91 Å². The number of hydrogen-bond donors (Lipinski definition) is 2. The highest BCUT2D eigenvalue weighted by Crippen LogP contribution is 2.35. The van der Waals surface area contributed by atoms with Crippen LogP contribution in [-0.4, -0.2) is 43.0 Å². The molecule has 4 nitrogen and oxygen atoms in total. The highest BCUT2D eigenvalue weighted by molar-refractivity contribution is 5.81. The van der Waals surface area contributed by atoms with Crippen molar-refractivity contribution in [2.45, 2.75) is 57.0 Å². The summed E-state index contributed by atoms with van der Waals surface area (Å²) in [5.41, 5.74) is 6.02. The molecule has 1 fully saturated rings. The number of carbonyl (C=O) groups is 1. The Balaban J connectivity index is 2.31. The highest BCUT2D eigenvalue weighted by Gasteiger charge is 2.39. The van der Waals surface area contributed by atoms with Crippen LogP contribution in [0.25, 0.3) is 0 Å². The van der Waals surface area contributed by atoms with E-state index in [1.54, 1.807) is 0 Å². The maximum Gasteiger partial charge on any atom is 0.236 e. The third-order valence-electron chi connectivity index (χ3n) is 4.03. The summed E-state index contributed by atoms with van der Waals surface area (Å²) in [5.74, 6) is 0.00609. The topological polar surface area (TPSA) is 58.4 Å². The molecular formula is C13H27N3O. The molecule has 1 aliphatic rings. The lowest BCUT2D eigenvalue weighted by Gasteiger charge is -2.47. The van der Waals surface area contributed by atoms with E-state index in [9.17, 15) is 4.79 Å². The van der Waals surface area contributed by atoms with Gasteiger partial charge in [0, 0.05) is 12.1 Å². The van der Waals surface area contributed by atoms with Gasteiger partial charge in [0.05, 0.1) is 6.04 Å². The lowest BCUT2D eigenvalue weighted by Crippen LogP contribution is -2.58. The van der Waals surface area contributed by atoms with Crippen molar-refractivity contribution in [3.63, 3.8) is 0 Å². The van der Waals surface area contributed by atoms with Gasteiger partial charge in [-0.2, -0.15) is 0 Å². The summed E-state index contributed by atoms with van der Waals surface area (Å²) in [6.07, 6.45) is 6.50. The summed E-state index contributed by atoms with van der Waals surface area (Å²) in [6, 6.07) is -0.339. The molecule has 1 amide bonds. The largest absolute Gasteiger partial charge is 0.353 e. The van der Waals surface area contributed by atoms with Gasteiger partial charge in [-0.3, -0.25) is 4.79 Å². The van der Waals surface area contributed by atoms with E-state index in [1.165, 1.54) is 19.3 Å². The molecule has 1 aliphatic carbocycles. The van der Waals surface area contributed by atoms with E-state index in [-0.39, 0.29) is 17.5 Å². The Bertz CT molecular complexity index is 249. The van der Waals surface area contributed by atoms with Gasteiger partial charge in [0.25, 0.3) is 0 Å². The normalized spacial score (nSPS) is 19.8. The first-order valence-electron chi connectivity index (χ1n) is 6.72. The van der Waals surface area contributed by atoms with Crippen molar-refractivity contribution >= 4 is 5.91 Å². The van der Waals surface area contributed by atoms with Gasteiger partial charge < -0.3 is 16.0 Å². The molecule has 1 saturated carbocycles. The molecule has 0 aromatic rings. The zero-order valence-electron chi connectivity index (χ0n) is 11.5. The Morgan fingerprint density at radius 3 is 2.53 bits per heavy atom. The van der Waals surface area contributed by atoms with Gasteiger partial charge in [0.15, 0.2) is 0 Å². The Morgan fingerprint density at radius 1 is 1.47 bits per heavy atom. The fraction of sp³-hybridized carbons (Fsp3) is 0.923. The molecule has 0 aliphatic heterocycles. The van der Waals surface area contributed by atoms with E-state index in [2.05, 4.69) is 31.2 Å². The average Bonchev–Trinajstić information content (AvgIpc) is 2.23. The number of rotatable bonds is 7. The van der Waals surface area contributed by atoms with Crippen LogP contribution >= 0.6 is 0 Å². The van der Waals surface area contributed by atoms with Crippen LogP contribution < -0.4 is 11.1 Å². The molecule has 4 heteroatoms. The molecule has 0 aromatic heterocycles. The fourth-order valence-corrected chi connectivity index (χ4v) is 2.30. The second-order valence-electron chi connectivity index (χ2n) is 5.44. The molecule has 0 heterocycles. The maximum atomic E-state index is 11.8. The Labute approximate surface area is 105 Å². The van der Waals surface area contributed by atoms with Crippen LogP contribution in [0.2, 0.25) is 0 Å². The summed E-state index contributed by atoms with van der Waals surface area (Å²) >= 11 is 0. The third kappa shape index (κ3) is 3.68. The van der Waals surface area contributed by atoms with Crippen LogP contribution in [0.1, 0.15) is 45.4 Å². The van der Waals surface area contributed by atoms with Crippen molar-refractivity contribution in [1.29, 1.82) is 0 Å². The zero-order valence-corrected chi connectivity index (χ0v) is 11.5. The average molecular weight is 241 g/mol. The first-order chi connectivity index (χ1) is 8.02. The second-order valence-corrected chi connectivity index (χ2v) is 5.44. The zero-order chi connectivity index (χ0) is 12.9. The lowest BCUT2D eigenvalue weighted by molar-refractivity contribution is -0.123. The summed E-state index contributed by atoms with van der Waals surface area (Å²) in [4.78, 5) is 14.0. The predicted octanol–water partition coefficient (Wildman–Crippen LogP) is 1.10. The standard InChI is InChI=1S/C13H27N3O/c1-4-5-7-11(14)12(17)15-10-13(16(2)3)8-6-9-13/h11H,4-10,14H2,1-3H3,(H,15,17). The Kier molecular flexibility index (Phi) is 5.40. The van der Waals surface area contributed by atoms with E-state index in [1.807, 2.05) is 0 Å². The molecule has 0 spiro atoms. The van der Waals surface area contributed by atoms with Gasteiger partial charge in [-0.15, -0.1) is 0 Å². The van der Waals surface area contributed by atoms with Crippen molar-refractivity contribution in [1.82, 2.24) is 10.2 Å². The molecular weight excluding hydrogens is 214 g/mol. The van der Waals surface area contributed by atoms with Crippen LogP contribution in [0.3, 0.4) is 0 Å². The Morgan fingerprint density at radius 2 is 2.12 bits per heavy atom. The van der Waals surface area contributed by atoms with Gasteiger partial charge >= 0.3 is 0 Å². The number of amides is 1. The molecule has 0 aromatic carbocycles. The van der Waals surface area contributed by atoms with Crippen LogP contribution in [0.15, 0.2) is 0 Å². The fourth-order valence-electron chi connectivity index (χ4n) is 2.30. The first kappa shape index (κ1) is 14.5. The number of hydrogen-bond acceptors (Lipinski definition) is 3. The summed E-state index contributed by atoms with van der Waals surface area (Å²) in [5, 5.41) is 3.01. The van der Waals surface area contributed by atoms with E-state index in [0.717, 1.165) is 25.8 Å². The van der Waals surface area contributed by atoms with E-state index < -0.39 is 0 Å². The predicted molar refractivity (Wildman–Crippen MR) is 70.8 cm³/mol. The SMILES string of the molecule is CCCCC(N)C(=O)NCC1(N(C)C)CCC1. The number of nitrogens with zero attached hydrogens (tertiary/aromatic N) is 1. The molecule has 1 atom stereocenters. The minimum absolute atomic E-state index is 0.00609. The minimum Gasteiger partial charge on any atom is -0.353 e. The number of carbonyl (C=O) groups excluding carboxylic acids is 1. The van der Waals surface area contributed by atoms with Crippen LogP contribution in [0.4, 0.5) is 0 Å². The van der Waals surface area contributed by atoms with Gasteiger partial charge in [0.1, 0.15) is 0 Å². The molecule has 3 N–H and O–H groups in total.